The molecular formula is C31H24N2O2S. The van der Waals surface area contributed by atoms with Gasteiger partial charge in [0.1, 0.15) is 10.8 Å². The number of hydrogen-bond donors (Lipinski definition) is 0. The standard InChI is InChI=1S/C31H24N2O2S/c1-21-31(34)33(29(22-11-5-2-6-12-22)23-13-7-3-8-14-23)27-19-25(17-18-28(27)35-21)26-20-36-30(32-26)24-15-9-4-10-16-24/h2-21,29H,1H3. The molecule has 1 aromatic heterocycles. The normalized spacial score (nSPS) is 15.0. The third kappa shape index (κ3) is 4.08. The molecule has 4 nitrogen and oxygen atoms in total. The van der Waals surface area contributed by atoms with Gasteiger partial charge in [-0.1, -0.05) is 91.0 Å². The highest BCUT2D eigenvalue weighted by Crippen LogP contribution is 2.44. The summed E-state index contributed by atoms with van der Waals surface area (Å²) in [4.78, 5) is 20.5. The Kier molecular flexibility index (Phi) is 5.84. The molecule has 2 heterocycles. The first kappa shape index (κ1) is 22.3. The van der Waals surface area contributed by atoms with Gasteiger partial charge in [0.15, 0.2) is 6.10 Å². The number of ether oxygens (including phenoxy) is 1. The fourth-order valence-electron chi connectivity index (χ4n) is 4.67. The number of rotatable bonds is 5. The summed E-state index contributed by atoms with van der Waals surface area (Å²) in [6, 6.07) is 36.2. The lowest BCUT2D eigenvalue weighted by Crippen LogP contribution is -2.46. The summed E-state index contributed by atoms with van der Waals surface area (Å²) in [5.74, 6) is 0.627. The monoisotopic (exact) mass is 488 g/mol. The number of carbonyl (C=O) groups is 1. The van der Waals surface area contributed by atoms with Gasteiger partial charge in [-0.15, -0.1) is 11.3 Å². The first-order chi connectivity index (χ1) is 17.7. The number of amides is 1. The topological polar surface area (TPSA) is 42.4 Å². The van der Waals surface area contributed by atoms with Crippen molar-refractivity contribution >= 4 is 22.9 Å². The Hall–Kier alpha value is -4.22. The Morgan fingerprint density at radius 2 is 1.42 bits per heavy atom. The maximum Gasteiger partial charge on any atom is 0.268 e. The van der Waals surface area contributed by atoms with E-state index in [-0.39, 0.29) is 11.9 Å². The van der Waals surface area contributed by atoms with E-state index >= 15 is 0 Å². The van der Waals surface area contributed by atoms with Crippen molar-refractivity contribution in [2.24, 2.45) is 0 Å². The van der Waals surface area contributed by atoms with Gasteiger partial charge in [0.2, 0.25) is 0 Å². The molecule has 0 radical (unpaired) electrons. The molecule has 6 rings (SSSR count). The van der Waals surface area contributed by atoms with Gasteiger partial charge in [0.25, 0.3) is 5.91 Å². The molecule has 0 fully saturated rings. The third-order valence-corrected chi connectivity index (χ3v) is 7.31. The van der Waals surface area contributed by atoms with Crippen molar-refractivity contribution in [3.8, 4) is 27.6 Å². The molecule has 5 aromatic rings. The van der Waals surface area contributed by atoms with Gasteiger partial charge in [0, 0.05) is 16.5 Å². The van der Waals surface area contributed by atoms with Crippen LogP contribution in [0.2, 0.25) is 0 Å². The molecule has 1 aliphatic heterocycles. The predicted octanol–water partition coefficient (Wildman–Crippen LogP) is 7.38. The first-order valence-corrected chi connectivity index (χ1v) is 12.8. The number of fused-ring (bicyclic) bond motifs is 1. The highest BCUT2D eigenvalue weighted by atomic mass is 32.1. The van der Waals surface area contributed by atoms with Crippen LogP contribution in [0.3, 0.4) is 0 Å². The predicted molar refractivity (Wildman–Crippen MR) is 145 cm³/mol. The third-order valence-electron chi connectivity index (χ3n) is 6.42. The van der Waals surface area contributed by atoms with Crippen LogP contribution in [0.4, 0.5) is 5.69 Å². The Morgan fingerprint density at radius 1 is 0.806 bits per heavy atom. The van der Waals surface area contributed by atoms with Gasteiger partial charge in [-0.05, 0) is 36.2 Å². The smallest absolute Gasteiger partial charge is 0.268 e. The SMILES string of the molecule is CC1Oc2ccc(-c3csc(-c4ccccc4)n3)cc2N(C(c2ccccc2)c2ccccc2)C1=O. The van der Waals surface area contributed by atoms with Gasteiger partial charge < -0.3 is 4.74 Å². The zero-order valence-corrected chi connectivity index (χ0v) is 20.6. The molecule has 0 bridgehead atoms. The maximum absolute atomic E-state index is 13.7. The second-order valence-electron chi connectivity index (χ2n) is 8.78. The average Bonchev–Trinajstić information content (AvgIpc) is 3.43. The van der Waals surface area contributed by atoms with Crippen LogP contribution >= 0.6 is 11.3 Å². The number of anilines is 1. The molecule has 1 amide bonds. The minimum Gasteiger partial charge on any atom is -0.479 e. The lowest BCUT2D eigenvalue weighted by Gasteiger charge is -2.39. The molecule has 176 valence electrons. The van der Waals surface area contributed by atoms with E-state index in [1.165, 1.54) is 0 Å². The van der Waals surface area contributed by atoms with Crippen LogP contribution in [0.1, 0.15) is 24.1 Å². The van der Waals surface area contributed by atoms with Gasteiger partial charge in [-0.25, -0.2) is 4.98 Å². The quantitative estimate of drug-likeness (QED) is 0.259. The molecule has 0 saturated carbocycles. The molecule has 0 spiro atoms. The van der Waals surface area contributed by atoms with E-state index in [9.17, 15) is 4.79 Å². The molecule has 0 N–H and O–H groups in total. The number of thiazole rings is 1. The molecular weight excluding hydrogens is 464 g/mol. The Balaban J connectivity index is 1.47. The van der Waals surface area contributed by atoms with Crippen molar-refractivity contribution in [2.75, 3.05) is 4.90 Å². The molecule has 1 aliphatic rings. The summed E-state index contributed by atoms with van der Waals surface area (Å²) in [7, 11) is 0. The molecule has 1 unspecified atom stereocenters. The lowest BCUT2D eigenvalue weighted by atomic mass is 9.94. The Labute approximate surface area is 214 Å². The summed E-state index contributed by atoms with van der Waals surface area (Å²) in [5.41, 5.74) is 5.76. The second-order valence-corrected chi connectivity index (χ2v) is 9.64. The van der Waals surface area contributed by atoms with Crippen LogP contribution in [-0.2, 0) is 4.79 Å². The van der Waals surface area contributed by atoms with Gasteiger partial charge in [0.05, 0.1) is 17.4 Å². The molecule has 5 heteroatoms. The number of carbonyl (C=O) groups excluding carboxylic acids is 1. The zero-order chi connectivity index (χ0) is 24.5. The van der Waals surface area contributed by atoms with E-state index in [0.29, 0.717) is 5.75 Å². The van der Waals surface area contributed by atoms with Crippen molar-refractivity contribution in [3.63, 3.8) is 0 Å². The number of aromatic nitrogens is 1. The summed E-state index contributed by atoms with van der Waals surface area (Å²) in [6.07, 6.45) is -0.581. The van der Waals surface area contributed by atoms with Crippen molar-refractivity contribution in [1.82, 2.24) is 4.98 Å². The number of hydrogen-bond acceptors (Lipinski definition) is 4. The molecule has 36 heavy (non-hydrogen) atoms. The van der Waals surface area contributed by atoms with E-state index in [2.05, 4.69) is 41.8 Å². The van der Waals surface area contributed by atoms with Crippen LogP contribution in [0.15, 0.2) is 115 Å². The van der Waals surface area contributed by atoms with E-state index in [0.717, 1.165) is 38.6 Å². The highest BCUT2D eigenvalue weighted by Gasteiger charge is 2.38. The van der Waals surface area contributed by atoms with Crippen molar-refractivity contribution in [3.05, 3.63) is 126 Å². The lowest BCUT2D eigenvalue weighted by molar-refractivity contribution is -0.126. The van der Waals surface area contributed by atoms with E-state index in [4.69, 9.17) is 9.72 Å². The average molecular weight is 489 g/mol. The van der Waals surface area contributed by atoms with Gasteiger partial charge in [-0.3, -0.25) is 9.69 Å². The van der Waals surface area contributed by atoms with Crippen LogP contribution < -0.4 is 9.64 Å². The van der Waals surface area contributed by atoms with Crippen LogP contribution in [-0.4, -0.2) is 17.0 Å². The van der Waals surface area contributed by atoms with Crippen LogP contribution in [0.25, 0.3) is 21.8 Å². The Morgan fingerprint density at radius 3 is 2.06 bits per heavy atom. The second kappa shape index (κ2) is 9.44. The molecule has 1 atom stereocenters. The fourth-order valence-corrected chi connectivity index (χ4v) is 5.50. The van der Waals surface area contributed by atoms with E-state index in [1.807, 2.05) is 84.6 Å². The summed E-state index contributed by atoms with van der Waals surface area (Å²) >= 11 is 1.61. The minimum atomic E-state index is -0.581. The molecule has 0 aliphatic carbocycles. The summed E-state index contributed by atoms with van der Waals surface area (Å²) < 4.78 is 6.05. The maximum atomic E-state index is 13.7. The number of benzene rings is 4. The van der Waals surface area contributed by atoms with Crippen molar-refractivity contribution in [1.29, 1.82) is 0 Å². The van der Waals surface area contributed by atoms with E-state index < -0.39 is 6.10 Å². The van der Waals surface area contributed by atoms with Gasteiger partial charge in [-0.2, -0.15) is 0 Å². The Bertz CT molecular complexity index is 1460. The zero-order valence-electron chi connectivity index (χ0n) is 19.7. The fraction of sp³-hybridized carbons (Fsp3) is 0.0968. The van der Waals surface area contributed by atoms with Crippen molar-refractivity contribution < 1.29 is 9.53 Å². The van der Waals surface area contributed by atoms with Crippen LogP contribution in [0, 0.1) is 0 Å². The van der Waals surface area contributed by atoms with Gasteiger partial charge >= 0.3 is 0 Å². The van der Waals surface area contributed by atoms with Crippen molar-refractivity contribution in [2.45, 2.75) is 19.1 Å². The van der Waals surface area contributed by atoms with E-state index in [1.54, 1.807) is 11.3 Å². The molecule has 0 saturated heterocycles. The first-order valence-electron chi connectivity index (χ1n) is 11.9. The largest absolute Gasteiger partial charge is 0.479 e. The minimum absolute atomic E-state index is 0.0689. The molecule has 4 aromatic carbocycles. The summed E-state index contributed by atoms with van der Waals surface area (Å²) in [5, 5.41) is 3.03. The van der Waals surface area contributed by atoms with Crippen LogP contribution in [0.5, 0.6) is 5.75 Å². The summed E-state index contributed by atoms with van der Waals surface area (Å²) in [6.45, 7) is 1.81. The highest BCUT2D eigenvalue weighted by molar-refractivity contribution is 7.13. The number of nitrogens with zero attached hydrogens (tertiary/aromatic N) is 2.